The van der Waals surface area contributed by atoms with Crippen LogP contribution in [0.1, 0.15) is 16.7 Å². The van der Waals surface area contributed by atoms with Crippen LogP contribution in [0, 0.1) is 0 Å². The number of hydrogen-bond acceptors (Lipinski definition) is 2. The second-order valence-electron chi connectivity index (χ2n) is 3.43. The van der Waals surface area contributed by atoms with E-state index in [4.69, 9.17) is 10.5 Å². The molecule has 0 aromatic heterocycles. The van der Waals surface area contributed by atoms with E-state index < -0.39 is 0 Å². The van der Waals surface area contributed by atoms with Crippen LogP contribution in [-0.2, 0) is 17.8 Å². The van der Waals surface area contributed by atoms with E-state index in [1.807, 2.05) is 6.08 Å². The SMILES string of the molecule is NC/C=C/c1cccc2c1COCC2. The minimum atomic E-state index is 0.588. The molecule has 0 saturated heterocycles. The van der Waals surface area contributed by atoms with Gasteiger partial charge < -0.3 is 10.5 Å². The summed E-state index contributed by atoms with van der Waals surface area (Å²) in [4.78, 5) is 0. The molecule has 0 saturated carbocycles. The fourth-order valence-corrected chi connectivity index (χ4v) is 1.77. The molecule has 2 nitrogen and oxygen atoms in total. The Labute approximate surface area is 84.4 Å². The van der Waals surface area contributed by atoms with Gasteiger partial charge in [-0.1, -0.05) is 30.4 Å². The maximum atomic E-state index is 5.45. The summed E-state index contributed by atoms with van der Waals surface area (Å²) in [5, 5.41) is 0. The van der Waals surface area contributed by atoms with Crippen LogP contribution in [0.4, 0.5) is 0 Å². The highest BCUT2D eigenvalue weighted by Gasteiger charge is 2.10. The van der Waals surface area contributed by atoms with Gasteiger partial charge in [0.25, 0.3) is 0 Å². The summed E-state index contributed by atoms with van der Waals surface area (Å²) in [7, 11) is 0. The molecule has 1 aliphatic rings. The lowest BCUT2D eigenvalue weighted by molar-refractivity contribution is 0.110. The Balaban J connectivity index is 2.35. The van der Waals surface area contributed by atoms with E-state index in [-0.39, 0.29) is 0 Å². The minimum Gasteiger partial charge on any atom is -0.376 e. The van der Waals surface area contributed by atoms with Crippen molar-refractivity contribution in [2.75, 3.05) is 13.2 Å². The molecule has 1 aromatic carbocycles. The average Bonchev–Trinajstić information content (AvgIpc) is 2.26. The lowest BCUT2D eigenvalue weighted by Gasteiger charge is -2.18. The second kappa shape index (κ2) is 4.40. The first-order chi connectivity index (χ1) is 6.92. The van der Waals surface area contributed by atoms with Crippen LogP contribution < -0.4 is 5.73 Å². The molecule has 14 heavy (non-hydrogen) atoms. The lowest BCUT2D eigenvalue weighted by atomic mass is 9.97. The molecule has 0 radical (unpaired) electrons. The van der Waals surface area contributed by atoms with Gasteiger partial charge in [-0.15, -0.1) is 0 Å². The monoisotopic (exact) mass is 189 g/mol. The van der Waals surface area contributed by atoms with Gasteiger partial charge in [0.1, 0.15) is 0 Å². The molecule has 0 amide bonds. The summed E-state index contributed by atoms with van der Waals surface area (Å²) in [5.74, 6) is 0. The highest BCUT2D eigenvalue weighted by Crippen LogP contribution is 2.21. The quantitative estimate of drug-likeness (QED) is 0.769. The van der Waals surface area contributed by atoms with E-state index >= 15 is 0 Å². The Hall–Kier alpha value is -1.12. The molecule has 74 valence electrons. The van der Waals surface area contributed by atoms with E-state index in [0.717, 1.165) is 19.6 Å². The Kier molecular flexibility index (Phi) is 2.96. The zero-order valence-electron chi connectivity index (χ0n) is 8.20. The molecule has 2 rings (SSSR count). The molecule has 0 fully saturated rings. The third-order valence-corrected chi connectivity index (χ3v) is 2.50. The molecule has 1 aliphatic heterocycles. The smallest absolute Gasteiger partial charge is 0.0725 e. The van der Waals surface area contributed by atoms with E-state index in [9.17, 15) is 0 Å². The van der Waals surface area contributed by atoms with E-state index in [2.05, 4.69) is 24.3 Å². The molecule has 0 bridgehead atoms. The summed E-state index contributed by atoms with van der Waals surface area (Å²) in [6.45, 7) is 2.17. The van der Waals surface area contributed by atoms with Crippen molar-refractivity contribution in [1.29, 1.82) is 0 Å². The summed E-state index contributed by atoms with van der Waals surface area (Å²) >= 11 is 0. The normalized spacial score (nSPS) is 15.8. The van der Waals surface area contributed by atoms with Gasteiger partial charge in [0.05, 0.1) is 13.2 Å². The number of benzene rings is 1. The molecule has 0 unspecified atom stereocenters. The van der Waals surface area contributed by atoms with Crippen molar-refractivity contribution in [3.8, 4) is 0 Å². The first-order valence-electron chi connectivity index (χ1n) is 4.97. The van der Waals surface area contributed by atoms with Crippen LogP contribution in [0.3, 0.4) is 0 Å². The van der Waals surface area contributed by atoms with Crippen LogP contribution in [0.25, 0.3) is 6.08 Å². The summed E-state index contributed by atoms with van der Waals surface area (Å²) < 4.78 is 5.45. The van der Waals surface area contributed by atoms with Crippen LogP contribution in [0.2, 0.25) is 0 Å². The Morgan fingerprint density at radius 1 is 1.43 bits per heavy atom. The van der Waals surface area contributed by atoms with Gasteiger partial charge in [0, 0.05) is 6.54 Å². The maximum absolute atomic E-state index is 5.45. The summed E-state index contributed by atoms with van der Waals surface area (Å²) in [6.07, 6.45) is 5.08. The fourth-order valence-electron chi connectivity index (χ4n) is 1.77. The molecular weight excluding hydrogens is 174 g/mol. The van der Waals surface area contributed by atoms with Crippen LogP contribution in [0.5, 0.6) is 0 Å². The first kappa shape index (κ1) is 9.44. The van der Waals surface area contributed by atoms with E-state index in [1.165, 1.54) is 16.7 Å². The Morgan fingerprint density at radius 2 is 2.36 bits per heavy atom. The third-order valence-electron chi connectivity index (χ3n) is 2.50. The van der Waals surface area contributed by atoms with Crippen LogP contribution >= 0.6 is 0 Å². The van der Waals surface area contributed by atoms with Crippen molar-refractivity contribution in [2.24, 2.45) is 5.73 Å². The molecular formula is C12H15NO. The summed E-state index contributed by atoms with van der Waals surface area (Å²) in [6, 6.07) is 6.39. The number of rotatable bonds is 2. The van der Waals surface area contributed by atoms with Gasteiger partial charge >= 0.3 is 0 Å². The molecule has 0 atom stereocenters. The molecule has 1 heterocycles. The van der Waals surface area contributed by atoms with Gasteiger partial charge in [-0.25, -0.2) is 0 Å². The first-order valence-corrected chi connectivity index (χ1v) is 4.97. The van der Waals surface area contributed by atoms with Crippen molar-refractivity contribution >= 4 is 6.08 Å². The zero-order valence-corrected chi connectivity index (χ0v) is 8.20. The number of ether oxygens (including phenoxy) is 1. The minimum absolute atomic E-state index is 0.588. The third kappa shape index (κ3) is 1.86. The van der Waals surface area contributed by atoms with Gasteiger partial charge in [-0.05, 0) is 23.1 Å². The number of fused-ring (bicyclic) bond motifs is 1. The van der Waals surface area contributed by atoms with Crippen molar-refractivity contribution in [1.82, 2.24) is 0 Å². The highest BCUT2D eigenvalue weighted by atomic mass is 16.5. The summed E-state index contributed by atoms with van der Waals surface area (Å²) in [5.41, 5.74) is 9.41. The van der Waals surface area contributed by atoms with Crippen molar-refractivity contribution in [3.63, 3.8) is 0 Å². The van der Waals surface area contributed by atoms with Gasteiger partial charge in [-0.2, -0.15) is 0 Å². The number of hydrogen-bond donors (Lipinski definition) is 1. The van der Waals surface area contributed by atoms with Crippen molar-refractivity contribution in [3.05, 3.63) is 41.0 Å². The Bertz CT molecular complexity index is 344. The van der Waals surface area contributed by atoms with E-state index in [0.29, 0.717) is 6.54 Å². The highest BCUT2D eigenvalue weighted by molar-refractivity contribution is 5.56. The van der Waals surface area contributed by atoms with Crippen molar-refractivity contribution < 1.29 is 4.74 Å². The largest absolute Gasteiger partial charge is 0.376 e. The van der Waals surface area contributed by atoms with Gasteiger partial charge in [0.15, 0.2) is 0 Å². The van der Waals surface area contributed by atoms with Gasteiger partial charge in [0.2, 0.25) is 0 Å². The second-order valence-corrected chi connectivity index (χ2v) is 3.43. The Morgan fingerprint density at radius 3 is 3.21 bits per heavy atom. The topological polar surface area (TPSA) is 35.2 Å². The molecule has 0 spiro atoms. The van der Waals surface area contributed by atoms with Crippen molar-refractivity contribution in [2.45, 2.75) is 13.0 Å². The lowest BCUT2D eigenvalue weighted by Crippen LogP contribution is -2.10. The standard InChI is InChI=1S/C12H15NO/c13-7-2-5-10-3-1-4-11-6-8-14-9-12(10)11/h1-5H,6-9,13H2/b5-2+. The van der Waals surface area contributed by atoms with E-state index in [1.54, 1.807) is 0 Å². The number of nitrogens with two attached hydrogens (primary N) is 1. The average molecular weight is 189 g/mol. The maximum Gasteiger partial charge on any atom is 0.0725 e. The molecule has 0 aliphatic carbocycles. The van der Waals surface area contributed by atoms with Crippen LogP contribution in [-0.4, -0.2) is 13.2 Å². The molecule has 2 heteroatoms. The fraction of sp³-hybridized carbons (Fsp3) is 0.333. The van der Waals surface area contributed by atoms with Crippen LogP contribution in [0.15, 0.2) is 24.3 Å². The van der Waals surface area contributed by atoms with Gasteiger partial charge in [-0.3, -0.25) is 0 Å². The molecule has 1 aromatic rings. The predicted octanol–water partition coefficient (Wildman–Crippen LogP) is 1.73. The predicted molar refractivity (Wildman–Crippen MR) is 57.9 cm³/mol. The molecule has 2 N–H and O–H groups in total. The zero-order chi connectivity index (χ0) is 9.80.